The number of fused-ring (bicyclic) bond motifs is 2. The highest BCUT2D eigenvalue weighted by molar-refractivity contribution is 6.02. The fourth-order valence-electron chi connectivity index (χ4n) is 3.65. The summed E-state index contributed by atoms with van der Waals surface area (Å²) < 4.78 is 0. The molecule has 0 aliphatic carbocycles. The van der Waals surface area contributed by atoms with Gasteiger partial charge in [0.2, 0.25) is 0 Å². The summed E-state index contributed by atoms with van der Waals surface area (Å²) in [5, 5.41) is 8.46. The minimum absolute atomic E-state index is 0.0657. The van der Waals surface area contributed by atoms with Gasteiger partial charge in [-0.15, -0.1) is 0 Å². The Morgan fingerprint density at radius 3 is 2.57 bits per heavy atom. The van der Waals surface area contributed by atoms with Crippen molar-refractivity contribution in [2.75, 3.05) is 7.05 Å². The summed E-state index contributed by atoms with van der Waals surface area (Å²) in [5.41, 5.74) is 5.27. The molecule has 0 radical (unpaired) electrons. The van der Waals surface area contributed by atoms with Crippen LogP contribution >= 0.6 is 0 Å². The number of carbonyl (C=O) groups is 1. The monoisotopic (exact) mass is 396 g/mol. The summed E-state index contributed by atoms with van der Waals surface area (Å²) in [6, 6.07) is 17.6. The Kier molecular flexibility index (Phi) is 4.28. The molecule has 148 valence electrons. The lowest BCUT2D eigenvalue weighted by molar-refractivity contribution is 0.0732. The standard InChI is InChI=1S/C23H20N6O/c1-14(15-6-4-3-5-7-15)29(2)23(30)22-25-19-12-17-18(13-20(19)26-22)27-28-21(17)16-8-10-24-11-9-16/h3-14H,1-2H3,(H,25,26)(H,27,28). The number of nitrogens with one attached hydrogen (secondary N) is 2. The predicted octanol–water partition coefficient (Wildman–Crippen LogP) is 4.33. The number of aromatic amines is 2. The second-order valence-electron chi connectivity index (χ2n) is 7.31. The van der Waals surface area contributed by atoms with E-state index in [-0.39, 0.29) is 11.9 Å². The van der Waals surface area contributed by atoms with Crippen molar-refractivity contribution in [1.29, 1.82) is 0 Å². The minimum Gasteiger partial charge on any atom is -0.334 e. The quantitative estimate of drug-likeness (QED) is 0.473. The van der Waals surface area contributed by atoms with Crippen LogP contribution in [0, 0.1) is 0 Å². The average molecular weight is 396 g/mol. The number of hydrogen-bond acceptors (Lipinski definition) is 4. The number of rotatable bonds is 4. The average Bonchev–Trinajstić information content (AvgIpc) is 3.40. The Morgan fingerprint density at radius 1 is 1.03 bits per heavy atom. The molecule has 0 saturated heterocycles. The normalized spacial score (nSPS) is 12.3. The highest BCUT2D eigenvalue weighted by Crippen LogP contribution is 2.29. The molecule has 0 aliphatic heterocycles. The number of amides is 1. The smallest absolute Gasteiger partial charge is 0.289 e. The van der Waals surface area contributed by atoms with E-state index in [1.165, 1.54) is 0 Å². The molecule has 0 saturated carbocycles. The van der Waals surface area contributed by atoms with Crippen molar-refractivity contribution in [2.24, 2.45) is 0 Å². The van der Waals surface area contributed by atoms with Crippen LogP contribution in [0.5, 0.6) is 0 Å². The second kappa shape index (κ2) is 7.11. The van der Waals surface area contributed by atoms with Crippen molar-refractivity contribution in [2.45, 2.75) is 13.0 Å². The van der Waals surface area contributed by atoms with Gasteiger partial charge >= 0.3 is 0 Å². The molecule has 3 heterocycles. The van der Waals surface area contributed by atoms with Crippen molar-refractivity contribution < 1.29 is 4.79 Å². The van der Waals surface area contributed by atoms with Crippen molar-refractivity contribution in [3.8, 4) is 11.3 Å². The van der Waals surface area contributed by atoms with Gasteiger partial charge in [-0.2, -0.15) is 5.10 Å². The molecule has 1 unspecified atom stereocenters. The van der Waals surface area contributed by atoms with Gasteiger partial charge in [-0.25, -0.2) is 4.98 Å². The zero-order valence-corrected chi connectivity index (χ0v) is 16.6. The third-order valence-electron chi connectivity index (χ3n) is 5.50. The van der Waals surface area contributed by atoms with E-state index < -0.39 is 0 Å². The molecule has 7 nitrogen and oxygen atoms in total. The molecule has 1 amide bonds. The first-order valence-electron chi connectivity index (χ1n) is 9.72. The predicted molar refractivity (Wildman–Crippen MR) is 116 cm³/mol. The van der Waals surface area contributed by atoms with Gasteiger partial charge < -0.3 is 9.88 Å². The lowest BCUT2D eigenvalue weighted by atomic mass is 10.1. The molecular weight excluding hydrogens is 376 g/mol. The topological polar surface area (TPSA) is 90.6 Å². The van der Waals surface area contributed by atoms with Gasteiger partial charge in [0, 0.05) is 30.4 Å². The molecule has 1 atom stereocenters. The SMILES string of the molecule is CC(c1ccccc1)N(C)C(=O)c1nc2cc3c(-c4ccncc4)n[nH]c3cc2[nH]1. The molecule has 5 aromatic rings. The van der Waals surface area contributed by atoms with Crippen molar-refractivity contribution in [3.05, 3.63) is 78.4 Å². The summed E-state index contributed by atoms with van der Waals surface area (Å²) in [4.78, 5) is 26.6. The summed E-state index contributed by atoms with van der Waals surface area (Å²) in [5.74, 6) is 0.167. The van der Waals surface area contributed by atoms with Crippen LogP contribution in [0.15, 0.2) is 67.0 Å². The Morgan fingerprint density at radius 2 is 1.80 bits per heavy atom. The van der Waals surface area contributed by atoms with Crippen molar-refractivity contribution >= 4 is 27.8 Å². The maximum Gasteiger partial charge on any atom is 0.289 e. The molecule has 5 rings (SSSR count). The minimum atomic E-state index is -0.154. The van der Waals surface area contributed by atoms with Crippen LogP contribution in [-0.2, 0) is 0 Å². The zero-order chi connectivity index (χ0) is 20.7. The third-order valence-corrected chi connectivity index (χ3v) is 5.50. The molecule has 7 heteroatoms. The number of carbonyl (C=O) groups excluding carboxylic acids is 1. The Hall–Kier alpha value is -4.00. The van der Waals surface area contributed by atoms with E-state index in [1.807, 2.05) is 61.5 Å². The molecule has 0 aliphatic rings. The Bertz CT molecular complexity index is 1340. The van der Waals surface area contributed by atoms with Gasteiger partial charge in [-0.3, -0.25) is 14.9 Å². The fraction of sp³-hybridized carbons (Fsp3) is 0.130. The van der Waals surface area contributed by atoms with Crippen LogP contribution in [-0.4, -0.2) is 43.0 Å². The highest BCUT2D eigenvalue weighted by Gasteiger charge is 2.22. The van der Waals surface area contributed by atoms with E-state index in [1.54, 1.807) is 24.3 Å². The number of imidazole rings is 1. The van der Waals surface area contributed by atoms with Crippen LogP contribution in [0.2, 0.25) is 0 Å². The van der Waals surface area contributed by atoms with Crippen LogP contribution in [0.25, 0.3) is 33.2 Å². The fourth-order valence-corrected chi connectivity index (χ4v) is 3.65. The number of H-pyrrole nitrogens is 2. The van der Waals surface area contributed by atoms with Crippen molar-refractivity contribution in [3.63, 3.8) is 0 Å². The summed E-state index contributed by atoms with van der Waals surface area (Å²) in [6.07, 6.45) is 3.48. The summed E-state index contributed by atoms with van der Waals surface area (Å²) >= 11 is 0. The van der Waals surface area contributed by atoms with Gasteiger partial charge in [0.05, 0.1) is 22.6 Å². The summed E-state index contributed by atoms with van der Waals surface area (Å²) in [6.45, 7) is 2.01. The molecule has 0 bridgehead atoms. The largest absolute Gasteiger partial charge is 0.334 e. The van der Waals surface area contributed by atoms with E-state index in [9.17, 15) is 4.79 Å². The Balaban J connectivity index is 1.51. The van der Waals surface area contributed by atoms with Crippen molar-refractivity contribution in [1.82, 2.24) is 30.0 Å². The van der Waals surface area contributed by atoms with Crippen LogP contribution in [0.1, 0.15) is 29.1 Å². The number of nitrogens with zero attached hydrogens (tertiary/aromatic N) is 4. The first kappa shape index (κ1) is 18.1. The number of benzene rings is 2. The van der Waals surface area contributed by atoms with Gasteiger partial charge in [0.15, 0.2) is 5.82 Å². The molecule has 30 heavy (non-hydrogen) atoms. The number of pyridine rings is 1. The maximum atomic E-state index is 13.1. The summed E-state index contributed by atoms with van der Waals surface area (Å²) in [7, 11) is 1.79. The van der Waals surface area contributed by atoms with Gasteiger partial charge in [0.1, 0.15) is 5.69 Å². The van der Waals surface area contributed by atoms with E-state index in [0.29, 0.717) is 5.82 Å². The highest BCUT2D eigenvalue weighted by atomic mass is 16.2. The van der Waals surface area contributed by atoms with E-state index in [0.717, 1.165) is 38.8 Å². The van der Waals surface area contributed by atoms with Gasteiger partial charge in [0.25, 0.3) is 5.91 Å². The molecule has 0 spiro atoms. The first-order valence-corrected chi connectivity index (χ1v) is 9.72. The molecular formula is C23H20N6O. The van der Waals surface area contributed by atoms with Crippen LogP contribution < -0.4 is 0 Å². The third kappa shape index (κ3) is 3.00. The first-order chi connectivity index (χ1) is 14.6. The van der Waals surface area contributed by atoms with E-state index >= 15 is 0 Å². The molecule has 0 fully saturated rings. The maximum absolute atomic E-state index is 13.1. The lowest BCUT2D eigenvalue weighted by Crippen LogP contribution is -2.30. The zero-order valence-electron chi connectivity index (χ0n) is 16.6. The van der Waals surface area contributed by atoms with E-state index in [4.69, 9.17) is 0 Å². The van der Waals surface area contributed by atoms with Crippen LogP contribution in [0.4, 0.5) is 0 Å². The molecule has 2 N–H and O–H groups in total. The van der Waals surface area contributed by atoms with Gasteiger partial charge in [-0.05, 0) is 36.8 Å². The van der Waals surface area contributed by atoms with E-state index in [2.05, 4.69) is 25.1 Å². The molecule has 2 aromatic carbocycles. The molecule has 3 aromatic heterocycles. The Labute approximate surface area is 172 Å². The number of hydrogen-bond donors (Lipinski definition) is 2. The second-order valence-corrected chi connectivity index (χ2v) is 7.31. The lowest BCUT2D eigenvalue weighted by Gasteiger charge is -2.24. The van der Waals surface area contributed by atoms with Crippen LogP contribution in [0.3, 0.4) is 0 Å². The number of aromatic nitrogens is 5. The van der Waals surface area contributed by atoms with Gasteiger partial charge in [-0.1, -0.05) is 30.3 Å².